The number of esters is 2. The highest BCUT2D eigenvalue weighted by molar-refractivity contribution is 7.46. The zero-order valence-corrected chi connectivity index (χ0v) is 30.6. The van der Waals surface area contributed by atoms with E-state index >= 15 is 0 Å². The number of unbranched alkanes of at least 4 members (excludes halogenated alkanes) is 15. The monoisotopic (exact) mass is 682 g/mol. The Labute approximate surface area is 286 Å². The molecular weight excluding hydrogens is 615 g/mol. The van der Waals surface area contributed by atoms with E-state index in [1.54, 1.807) is 0 Å². The molecule has 0 aromatic rings. The summed E-state index contributed by atoms with van der Waals surface area (Å²) in [6.07, 6.45) is 39.7. The first-order valence-corrected chi connectivity index (χ1v) is 20.0. The molecule has 9 heteroatoms. The van der Waals surface area contributed by atoms with Gasteiger partial charge in [-0.2, -0.15) is 0 Å². The van der Waals surface area contributed by atoms with Gasteiger partial charge in [0.1, 0.15) is 6.61 Å². The fourth-order valence-corrected chi connectivity index (χ4v) is 5.13. The van der Waals surface area contributed by atoms with Crippen LogP contribution in [0, 0.1) is 0 Å². The van der Waals surface area contributed by atoms with Crippen molar-refractivity contribution in [1.82, 2.24) is 0 Å². The number of carbonyl (C=O) groups excluding carboxylic acids is 2. The van der Waals surface area contributed by atoms with Gasteiger partial charge in [0.05, 0.1) is 6.61 Å². The molecule has 0 radical (unpaired) electrons. The third-order valence-corrected chi connectivity index (χ3v) is 8.06. The molecule has 0 aliphatic heterocycles. The van der Waals surface area contributed by atoms with Gasteiger partial charge in [-0.3, -0.25) is 14.1 Å². The van der Waals surface area contributed by atoms with E-state index in [0.717, 1.165) is 83.5 Å². The molecule has 0 heterocycles. The van der Waals surface area contributed by atoms with Crippen LogP contribution in [-0.4, -0.2) is 41.0 Å². The summed E-state index contributed by atoms with van der Waals surface area (Å²) in [6.45, 7) is 3.57. The minimum atomic E-state index is -4.76. The summed E-state index contributed by atoms with van der Waals surface area (Å²) in [5, 5.41) is 0. The van der Waals surface area contributed by atoms with Crippen molar-refractivity contribution in [3.8, 4) is 0 Å². The van der Waals surface area contributed by atoms with Gasteiger partial charge in [0.25, 0.3) is 0 Å². The topological polar surface area (TPSA) is 119 Å². The van der Waals surface area contributed by atoms with E-state index in [4.69, 9.17) is 19.3 Å². The lowest BCUT2D eigenvalue weighted by atomic mass is 10.1. The Morgan fingerprint density at radius 1 is 0.553 bits per heavy atom. The molecule has 0 saturated carbocycles. The summed E-state index contributed by atoms with van der Waals surface area (Å²) in [5.74, 6) is -0.921. The van der Waals surface area contributed by atoms with Crippen LogP contribution in [0.25, 0.3) is 0 Å². The van der Waals surface area contributed by atoms with Crippen LogP contribution in [0.5, 0.6) is 0 Å². The predicted molar refractivity (Wildman–Crippen MR) is 193 cm³/mol. The first kappa shape index (κ1) is 45.0. The SMILES string of the molecule is CCCC/C=C\C/C=C/CCCCCCCC(=O)OC[C@H](COP(=O)(O)O)OC(=O)CCCCCCC/C=C/C/C=C/CCCCC. The third-order valence-electron chi connectivity index (χ3n) is 7.57. The molecule has 0 aliphatic carbocycles. The number of allylic oxidation sites excluding steroid dienone is 8. The molecule has 0 fully saturated rings. The summed E-state index contributed by atoms with van der Waals surface area (Å²) < 4.78 is 26.3. The van der Waals surface area contributed by atoms with Gasteiger partial charge in [-0.25, -0.2) is 4.57 Å². The molecule has 272 valence electrons. The number of carbonyl (C=O) groups is 2. The lowest BCUT2D eigenvalue weighted by Crippen LogP contribution is -2.29. The first-order chi connectivity index (χ1) is 22.8. The van der Waals surface area contributed by atoms with Gasteiger partial charge in [-0.15, -0.1) is 0 Å². The van der Waals surface area contributed by atoms with Crippen molar-refractivity contribution >= 4 is 19.8 Å². The fourth-order valence-electron chi connectivity index (χ4n) is 4.77. The highest BCUT2D eigenvalue weighted by atomic mass is 31.2. The number of phosphoric ester groups is 1. The van der Waals surface area contributed by atoms with Crippen molar-refractivity contribution in [3.05, 3.63) is 48.6 Å². The summed E-state index contributed by atoms with van der Waals surface area (Å²) >= 11 is 0. The van der Waals surface area contributed by atoms with Crippen molar-refractivity contribution in [2.24, 2.45) is 0 Å². The minimum absolute atomic E-state index is 0.191. The van der Waals surface area contributed by atoms with Crippen molar-refractivity contribution in [1.29, 1.82) is 0 Å². The van der Waals surface area contributed by atoms with Crippen molar-refractivity contribution in [3.63, 3.8) is 0 Å². The average Bonchev–Trinajstić information content (AvgIpc) is 3.03. The molecule has 0 aromatic heterocycles. The maximum atomic E-state index is 12.3. The first-order valence-electron chi connectivity index (χ1n) is 18.4. The molecule has 0 aromatic carbocycles. The molecule has 0 amide bonds. The van der Waals surface area contributed by atoms with Crippen molar-refractivity contribution in [2.45, 2.75) is 168 Å². The van der Waals surface area contributed by atoms with Gasteiger partial charge in [-0.1, -0.05) is 127 Å². The van der Waals surface area contributed by atoms with Crippen LogP contribution in [-0.2, 0) is 28.2 Å². The molecule has 8 nitrogen and oxygen atoms in total. The van der Waals surface area contributed by atoms with E-state index < -0.39 is 32.5 Å². The molecule has 2 N–H and O–H groups in total. The Kier molecular flexibility index (Phi) is 32.5. The van der Waals surface area contributed by atoms with E-state index in [1.807, 2.05) is 0 Å². The largest absolute Gasteiger partial charge is 0.469 e. The van der Waals surface area contributed by atoms with Crippen molar-refractivity contribution < 1.29 is 37.9 Å². The number of rotatable bonds is 33. The lowest BCUT2D eigenvalue weighted by molar-refractivity contribution is -0.161. The lowest BCUT2D eigenvalue weighted by Gasteiger charge is -2.18. The van der Waals surface area contributed by atoms with Crippen LogP contribution >= 0.6 is 7.82 Å². The minimum Gasteiger partial charge on any atom is -0.462 e. The van der Waals surface area contributed by atoms with Gasteiger partial charge in [0.15, 0.2) is 6.10 Å². The number of hydrogen-bond acceptors (Lipinski definition) is 6. The van der Waals surface area contributed by atoms with Crippen LogP contribution < -0.4 is 0 Å². The smallest absolute Gasteiger partial charge is 0.462 e. The van der Waals surface area contributed by atoms with Gasteiger partial charge in [0, 0.05) is 12.8 Å². The maximum absolute atomic E-state index is 12.3. The van der Waals surface area contributed by atoms with E-state index in [9.17, 15) is 14.2 Å². The predicted octanol–water partition coefficient (Wildman–Crippen LogP) is 10.8. The van der Waals surface area contributed by atoms with Gasteiger partial charge < -0.3 is 19.3 Å². The van der Waals surface area contributed by atoms with E-state index in [1.165, 1.54) is 38.5 Å². The summed E-state index contributed by atoms with van der Waals surface area (Å²) in [7, 11) is -4.76. The Bertz CT molecular complexity index is 905. The van der Waals surface area contributed by atoms with Crippen LogP contribution in [0.1, 0.15) is 162 Å². The Hall–Kier alpha value is -1.99. The second kappa shape index (κ2) is 33.9. The summed E-state index contributed by atoms with van der Waals surface area (Å²) in [6, 6.07) is 0. The quantitative estimate of drug-likeness (QED) is 0.0304. The van der Waals surface area contributed by atoms with Gasteiger partial charge >= 0.3 is 19.8 Å². The molecule has 0 aliphatic rings. The molecule has 0 rings (SSSR count). The van der Waals surface area contributed by atoms with Crippen molar-refractivity contribution in [2.75, 3.05) is 13.2 Å². The fraction of sp³-hybridized carbons (Fsp3) is 0.737. The molecular formula is C38H67O8P. The second-order valence-corrected chi connectivity index (χ2v) is 13.4. The number of hydrogen-bond donors (Lipinski definition) is 2. The molecule has 0 unspecified atom stereocenters. The maximum Gasteiger partial charge on any atom is 0.469 e. The van der Waals surface area contributed by atoms with E-state index in [2.05, 4.69) is 67.0 Å². The Morgan fingerprint density at radius 3 is 1.47 bits per heavy atom. The third kappa shape index (κ3) is 36.7. The normalized spacial score (nSPS) is 13.0. The zero-order chi connectivity index (χ0) is 34.7. The Balaban J connectivity index is 4.04. The average molecular weight is 683 g/mol. The number of phosphoric acid groups is 1. The Morgan fingerprint density at radius 2 is 0.979 bits per heavy atom. The molecule has 1 atom stereocenters. The van der Waals surface area contributed by atoms with E-state index in [-0.39, 0.29) is 19.4 Å². The highest BCUT2D eigenvalue weighted by Gasteiger charge is 2.22. The van der Waals surface area contributed by atoms with E-state index in [0.29, 0.717) is 12.8 Å². The van der Waals surface area contributed by atoms with Crippen LogP contribution in [0.15, 0.2) is 48.6 Å². The molecule has 0 spiro atoms. The highest BCUT2D eigenvalue weighted by Crippen LogP contribution is 2.36. The van der Waals surface area contributed by atoms with Crippen LogP contribution in [0.4, 0.5) is 0 Å². The summed E-state index contributed by atoms with van der Waals surface area (Å²) in [4.78, 5) is 42.6. The molecule has 0 bridgehead atoms. The molecule has 47 heavy (non-hydrogen) atoms. The number of ether oxygens (including phenoxy) is 2. The summed E-state index contributed by atoms with van der Waals surface area (Å²) in [5.41, 5.74) is 0. The zero-order valence-electron chi connectivity index (χ0n) is 29.7. The van der Waals surface area contributed by atoms with Gasteiger partial charge in [-0.05, 0) is 70.6 Å². The standard InChI is InChI=1S/C38H67O8P/c1-3-5-7-9-11-13-15-17-19-21-23-25-27-29-31-33-38(40)46-36(35-45-47(41,42)43)34-44-37(39)32-30-28-26-24-22-20-18-16-14-12-10-8-6-4-2/h10-13,16-19,36H,3-9,14-15,20-35H2,1-2H3,(H2,41,42,43)/b12-10-,13-11+,18-16+,19-17+/t36-/m1/s1. The molecule has 0 saturated heterocycles. The van der Waals surface area contributed by atoms with Crippen LogP contribution in [0.2, 0.25) is 0 Å². The second-order valence-electron chi connectivity index (χ2n) is 12.2. The van der Waals surface area contributed by atoms with Crippen LogP contribution in [0.3, 0.4) is 0 Å². The van der Waals surface area contributed by atoms with Gasteiger partial charge in [0.2, 0.25) is 0 Å².